The van der Waals surface area contributed by atoms with Gasteiger partial charge in [0, 0.05) is 0 Å². The van der Waals surface area contributed by atoms with Crippen LogP contribution in [0.4, 0.5) is 5.82 Å². The number of hydrogen-bond acceptors (Lipinski definition) is 5. The quantitative estimate of drug-likeness (QED) is 0.681. The number of benzene rings is 2. The topological polar surface area (TPSA) is 108 Å². The molecule has 0 unspecified atom stereocenters. The Hall–Kier alpha value is -3.15. The SMILES string of the molecule is Cc1ccc(-c2c(NS(=O)(=O)c3ccccc3)nn(CC#N)c2CO)cc1. The van der Waals surface area contributed by atoms with Crippen molar-refractivity contribution in [2.24, 2.45) is 0 Å². The van der Waals surface area contributed by atoms with Crippen LogP contribution < -0.4 is 4.72 Å². The van der Waals surface area contributed by atoms with Crippen molar-refractivity contribution in [2.75, 3.05) is 4.72 Å². The first kappa shape index (κ1) is 18.6. The van der Waals surface area contributed by atoms with Crippen molar-refractivity contribution in [1.29, 1.82) is 5.26 Å². The van der Waals surface area contributed by atoms with Crippen LogP contribution in [0.15, 0.2) is 59.5 Å². The van der Waals surface area contributed by atoms with E-state index in [1.54, 1.807) is 18.2 Å². The molecule has 0 spiro atoms. The Morgan fingerprint density at radius 2 is 1.81 bits per heavy atom. The molecule has 0 radical (unpaired) electrons. The summed E-state index contributed by atoms with van der Waals surface area (Å²) >= 11 is 0. The highest BCUT2D eigenvalue weighted by Gasteiger charge is 2.23. The number of aromatic nitrogens is 2. The lowest BCUT2D eigenvalue weighted by atomic mass is 10.0. The summed E-state index contributed by atoms with van der Waals surface area (Å²) < 4.78 is 29.2. The van der Waals surface area contributed by atoms with E-state index < -0.39 is 10.0 Å². The molecule has 3 aromatic rings. The van der Waals surface area contributed by atoms with Crippen molar-refractivity contribution in [1.82, 2.24) is 9.78 Å². The molecular weight excluding hydrogens is 364 g/mol. The molecule has 1 aromatic heterocycles. The Morgan fingerprint density at radius 1 is 1.15 bits per heavy atom. The smallest absolute Gasteiger partial charge is 0.263 e. The van der Waals surface area contributed by atoms with Gasteiger partial charge in [-0.05, 0) is 24.6 Å². The van der Waals surface area contributed by atoms with E-state index >= 15 is 0 Å². The lowest BCUT2D eigenvalue weighted by Crippen LogP contribution is -2.14. The second kappa shape index (κ2) is 7.61. The highest BCUT2D eigenvalue weighted by molar-refractivity contribution is 7.92. The number of nitrogens with zero attached hydrogens (tertiary/aromatic N) is 3. The van der Waals surface area contributed by atoms with E-state index in [4.69, 9.17) is 5.26 Å². The van der Waals surface area contributed by atoms with Gasteiger partial charge in [0.15, 0.2) is 5.82 Å². The molecule has 0 fully saturated rings. The van der Waals surface area contributed by atoms with Gasteiger partial charge in [-0.1, -0.05) is 48.0 Å². The number of sulfonamides is 1. The number of hydrogen-bond donors (Lipinski definition) is 2. The van der Waals surface area contributed by atoms with Gasteiger partial charge in [0.25, 0.3) is 10.0 Å². The maximum absolute atomic E-state index is 12.7. The Morgan fingerprint density at radius 3 is 2.41 bits per heavy atom. The lowest BCUT2D eigenvalue weighted by Gasteiger charge is -2.09. The molecule has 0 atom stereocenters. The van der Waals surface area contributed by atoms with Crippen molar-refractivity contribution in [3.8, 4) is 17.2 Å². The fourth-order valence-corrected chi connectivity index (χ4v) is 3.77. The van der Waals surface area contributed by atoms with Crippen molar-refractivity contribution >= 4 is 15.8 Å². The van der Waals surface area contributed by atoms with Gasteiger partial charge in [0.05, 0.1) is 28.8 Å². The Kier molecular flexibility index (Phi) is 5.26. The number of aliphatic hydroxyl groups is 1. The molecule has 2 aromatic carbocycles. The van der Waals surface area contributed by atoms with Gasteiger partial charge >= 0.3 is 0 Å². The number of nitrogens with one attached hydrogen (secondary N) is 1. The maximum atomic E-state index is 12.7. The van der Waals surface area contributed by atoms with E-state index in [0.29, 0.717) is 16.8 Å². The number of aryl methyl sites for hydroxylation is 1. The largest absolute Gasteiger partial charge is 0.390 e. The molecule has 0 amide bonds. The highest BCUT2D eigenvalue weighted by Crippen LogP contribution is 2.33. The van der Waals surface area contributed by atoms with Crippen LogP contribution in [0.2, 0.25) is 0 Å². The van der Waals surface area contributed by atoms with Crippen LogP contribution in [-0.2, 0) is 23.2 Å². The lowest BCUT2D eigenvalue weighted by molar-refractivity contribution is 0.270. The molecule has 8 heteroatoms. The second-order valence-electron chi connectivity index (χ2n) is 5.93. The molecular formula is C19H18N4O3S. The predicted octanol–water partition coefficient (Wildman–Crippen LogP) is 2.68. The number of rotatable bonds is 6. The van der Waals surface area contributed by atoms with Crippen LogP contribution in [0.1, 0.15) is 11.3 Å². The fourth-order valence-electron chi connectivity index (χ4n) is 2.74. The Bertz CT molecular complexity index is 1080. The normalized spacial score (nSPS) is 11.1. The molecule has 1 heterocycles. The molecule has 138 valence electrons. The Labute approximate surface area is 157 Å². The van der Waals surface area contributed by atoms with Crippen molar-refractivity contribution in [3.63, 3.8) is 0 Å². The summed E-state index contributed by atoms with van der Waals surface area (Å²) in [5.74, 6) is 0.0713. The summed E-state index contributed by atoms with van der Waals surface area (Å²) in [7, 11) is -3.87. The van der Waals surface area contributed by atoms with Gasteiger partial charge in [-0.15, -0.1) is 0 Å². The van der Waals surface area contributed by atoms with Gasteiger partial charge in [-0.2, -0.15) is 10.4 Å². The van der Waals surface area contributed by atoms with Gasteiger partial charge in [0.2, 0.25) is 0 Å². The van der Waals surface area contributed by atoms with Crippen molar-refractivity contribution < 1.29 is 13.5 Å². The third-order valence-corrected chi connectivity index (χ3v) is 5.41. The van der Waals surface area contributed by atoms with Crippen LogP contribution in [0.5, 0.6) is 0 Å². The molecule has 2 N–H and O–H groups in total. The number of anilines is 1. The summed E-state index contributed by atoms with van der Waals surface area (Å²) in [6, 6.07) is 17.3. The average Bonchev–Trinajstić information content (AvgIpc) is 2.99. The van der Waals surface area contributed by atoms with E-state index in [1.165, 1.54) is 16.8 Å². The van der Waals surface area contributed by atoms with Gasteiger partial charge in [-0.25, -0.2) is 8.42 Å². The van der Waals surface area contributed by atoms with Gasteiger partial charge < -0.3 is 5.11 Å². The summed E-state index contributed by atoms with van der Waals surface area (Å²) in [5.41, 5.74) is 2.55. The van der Waals surface area contributed by atoms with E-state index in [9.17, 15) is 13.5 Å². The molecule has 7 nitrogen and oxygen atoms in total. The summed E-state index contributed by atoms with van der Waals surface area (Å²) in [6.45, 7) is 1.45. The molecule has 0 aliphatic carbocycles. The Balaban J connectivity index is 2.14. The fraction of sp³-hybridized carbons (Fsp3) is 0.158. The minimum absolute atomic E-state index is 0.0713. The minimum atomic E-state index is -3.87. The first-order valence-corrected chi connectivity index (χ1v) is 9.67. The number of nitriles is 1. The molecule has 0 aliphatic heterocycles. The molecule has 27 heavy (non-hydrogen) atoms. The minimum Gasteiger partial charge on any atom is -0.390 e. The summed E-state index contributed by atoms with van der Waals surface area (Å²) in [6.07, 6.45) is 0. The molecule has 3 rings (SSSR count). The zero-order valence-electron chi connectivity index (χ0n) is 14.6. The first-order valence-electron chi connectivity index (χ1n) is 8.18. The van der Waals surface area contributed by atoms with Crippen LogP contribution in [-0.4, -0.2) is 23.3 Å². The summed E-state index contributed by atoms with van der Waals surface area (Å²) in [4.78, 5) is 0.0974. The standard InChI is InChI=1S/C19H18N4O3S/c1-14-7-9-15(10-8-14)18-17(13-24)23(12-11-20)21-19(18)22-27(25,26)16-5-3-2-4-6-16/h2-10,24H,12-13H2,1H3,(H,21,22). The highest BCUT2D eigenvalue weighted by atomic mass is 32.2. The van der Waals surface area contributed by atoms with Gasteiger partial charge in [-0.3, -0.25) is 9.40 Å². The van der Waals surface area contributed by atoms with Gasteiger partial charge in [0.1, 0.15) is 6.54 Å². The molecule has 0 saturated carbocycles. The van der Waals surface area contributed by atoms with Crippen molar-refractivity contribution in [3.05, 3.63) is 65.9 Å². The first-order chi connectivity index (χ1) is 13.0. The zero-order valence-corrected chi connectivity index (χ0v) is 15.4. The molecule has 0 saturated heterocycles. The van der Waals surface area contributed by atoms with Crippen LogP contribution in [0.3, 0.4) is 0 Å². The van der Waals surface area contributed by atoms with E-state index in [1.807, 2.05) is 37.3 Å². The van der Waals surface area contributed by atoms with E-state index in [0.717, 1.165) is 5.56 Å². The second-order valence-corrected chi connectivity index (χ2v) is 7.61. The van der Waals surface area contributed by atoms with Crippen LogP contribution >= 0.6 is 0 Å². The van der Waals surface area contributed by atoms with E-state index in [2.05, 4.69) is 9.82 Å². The predicted molar refractivity (Wildman–Crippen MR) is 101 cm³/mol. The molecule has 0 bridgehead atoms. The van der Waals surface area contributed by atoms with Crippen molar-refractivity contribution in [2.45, 2.75) is 25.0 Å². The molecule has 0 aliphatic rings. The average molecular weight is 382 g/mol. The third-order valence-electron chi connectivity index (χ3n) is 4.05. The maximum Gasteiger partial charge on any atom is 0.263 e. The summed E-state index contributed by atoms with van der Waals surface area (Å²) in [5, 5.41) is 23.1. The zero-order chi connectivity index (χ0) is 19.4. The number of aliphatic hydroxyl groups excluding tert-OH is 1. The van der Waals surface area contributed by atoms with Crippen LogP contribution in [0.25, 0.3) is 11.1 Å². The monoisotopic (exact) mass is 382 g/mol. The van der Waals surface area contributed by atoms with E-state index in [-0.39, 0.29) is 23.9 Å². The third kappa shape index (κ3) is 3.84. The van der Waals surface area contributed by atoms with Crippen LogP contribution in [0, 0.1) is 18.3 Å².